The van der Waals surface area contributed by atoms with Crippen LogP contribution in [0.3, 0.4) is 0 Å². The van der Waals surface area contributed by atoms with Crippen molar-refractivity contribution in [1.82, 2.24) is 19.7 Å². The van der Waals surface area contributed by atoms with E-state index in [-0.39, 0.29) is 23.9 Å². The summed E-state index contributed by atoms with van der Waals surface area (Å²) in [6.45, 7) is 7.65. The van der Waals surface area contributed by atoms with Crippen LogP contribution in [0.4, 0.5) is 0 Å². The van der Waals surface area contributed by atoms with Crippen LogP contribution in [-0.2, 0) is 4.79 Å². The van der Waals surface area contributed by atoms with Gasteiger partial charge in [0.15, 0.2) is 0 Å². The fourth-order valence-corrected chi connectivity index (χ4v) is 3.85. The van der Waals surface area contributed by atoms with Crippen LogP contribution in [0.15, 0.2) is 18.3 Å². The zero-order valence-corrected chi connectivity index (χ0v) is 15.9. The highest BCUT2D eigenvalue weighted by Gasteiger charge is 2.36. The van der Waals surface area contributed by atoms with E-state index in [1.165, 1.54) is 7.11 Å². The van der Waals surface area contributed by atoms with Crippen molar-refractivity contribution in [1.29, 1.82) is 0 Å². The predicted octanol–water partition coefficient (Wildman–Crippen LogP) is 1.25. The predicted molar refractivity (Wildman–Crippen MR) is 98.1 cm³/mol. The van der Waals surface area contributed by atoms with E-state index >= 15 is 0 Å². The molecule has 0 spiro atoms. The number of pyridine rings is 1. The molecular formula is C19H28N4O3. The highest BCUT2D eigenvalue weighted by atomic mass is 16.5. The minimum atomic E-state index is -0.0617. The number of hydrogen-bond acceptors (Lipinski definition) is 5. The monoisotopic (exact) mass is 360 g/mol. The summed E-state index contributed by atoms with van der Waals surface area (Å²) in [5.41, 5.74) is 0.489. The molecule has 0 N–H and O–H groups in total. The van der Waals surface area contributed by atoms with E-state index in [4.69, 9.17) is 4.74 Å². The highest BCUT2D eigenvalue weighted by molar-refractivity contribution is 5.96. The second-order valence-corrected chi connectivity index (χ2v) is 7.17. The van der Waals surface area contributed by atoms with Gasteiger partial charge >= 0.3 is 0 Å². The lowest BCUT2D eigenvalue weighted by Gasteiger charge is -2.43. The highest BCUT2D eigenvalue weighted by Crippen LogP contribution is 2.22. The molecule has 2 amide bonds. The van der Waals surface area contributed by atoms with Gasteiger partial charge in [-0.1, -0.05) is 0 Å². The Labute approximate surface area is 154 Å². The van der Waals surface area contributed by atoms with Crippen LogP contribution < -0.4 is 4.74 Å². The number of hydrogen-bond donors (Lipinski definition) is 0. The van der Waals surface area contributed by atoms with Crippen LogP contribution in [0.1, 0.15) is 37.0 Å². The Bertz CT molecular complexity index is 656. The number of carbonyl (C=O) groups is 2. The normalized spacial score (nSPS) is 22.0. The van der Waals surface area contributed by atoms with E-state index in [2.05, 4.69) is 23.7 Å². The smallest absolute Gasteiger partial charge is 0.259 e. The molecule has 2 aliphatic heterocycles. The summed E-state index contributed by atoms with van der Waals surface area (Å²) in [5, 5.41) is 0. The summed E-state index contributed by atoms with van der Waals surface area (Å²) in [4.78, 5) is 35.7. The summed E-state index contributed by atoms with van der Waals surface area (Å²) in [6, 6.07) is 3.68. The zero-order valence-electron chi connectivity index (χ0n) is 15.9. The number of piperazine rings is 1. The third-order valence-electron chi connectivity index (χ3n) is 5.31. The van der Waals surface area contributed by atoms with Gasteiger partial charge in [-0.05, 0) is 38.8 Å². The van der Waals surface area contributed by atoms with Crippen molar-refractivity contribution < 1.29 is 14.3 Å². The van der Waals surface area contributed by atoms with E-state index in [0.29, 0.717) is 24.5 Å². The van der Waals surface area contributed by atoms with Gasteiger partial charge in [0.05, 0.1) is 13.2 Å². The molecule has 2 aliphatic rings. The van der Waals surface area contributed by atoms with Crippen molar-refractivity contribution in [2.75, 3.05) is 39.8 Å². The van der Waals surface area contributed by atoms with Gasteiger partial charge in [0.2, 0.25) is 11.8 Å². The van der Waals surface area contributed by atoms with E-state index in [1.54, 1.807) is 18.3 Å². The average molecular weight is 360 g/mol. The summed E-state index contributed by atoms with van der Waals surface area (Å²) < 4.78 is 5.20. The second-order valence-electron chi connectivity index (χ2n) is 7.17. The lowest BCUT2D eigenvalue weighted by atomic mass is 10.0. The average Bonchev–Trinajstić information content (AvgIpc) is 2.67. The van der Waals surface area contributed by atoms with Crippen molar-refractivity contribution in [3.8, 4) is 5.88 Å². The minimum absolute atomic E-state index is 0.0451. The molecule has 0 aromatic carbocycles. The quantitative estimate of drug-likeness (QED) is 0.808. The van der Waals surface area contributed by atoms with Gasteiger partial charge in [-0.15, -0.1) is 0 Å². The molecule has 3 rings (SSSR count). The molecule has 2 fully saturated rings. The first-order valence-electron chi connectivity index (χ1n) is 9.35. The Balaban J connectivity index is 1.62. The van der Waals surface area contributed by atoms with E-state index in [0.717, 1.165) is 32.5 Å². The molecule has 1 atom stereocenters. The number of ether oxygens (including phenoxy) is 1. The lowest BCUT2D eigenvalue weighted by Crippen LogP contribution is -2.59. The third kappa shape index (κ3) is 3.67. The van der Waals surface area contributed by atoms with Crippen molar-refractivity contribution in [2.24, 2.45) is 0 Å². The van der Waals surface area contributed by atoms with Gasteiger partial charge in [-0.2, -0.15) is 0 Å². The Hall–Kier alpha value is -2.15. The molecule has 26 heavy (non-hydrogen) atoms. The number of likely N-dealkylation sites (tertiary alicyclic amines) is 1. The first-order valence-corrected chi connectivity index (χ1v) is 9.35. The number of carbonyl (C=O) groups excluding carboxylic acids is 2. The first-order chi connectivity index (χ1) is 12.5. The standard InChI is InChI=1S/C19H28N4O3/c1-14(2)23-9-5-7-16(19(23)25)21-10-12-22(13-11-21)18(24)15-6-4-8-20-17(15)26-3/h4,6,8,14,16H,5,7,9-13H2,1-3H3. The molecular weight excluding hydrogens is 332 g/mol. The van der Waals surface area contributed by atoms with Gasteiger partial charge in [0.1, 0.15) is 5.56 Å². The Kier molecular flexibility index (Phi) is 5.76. The second kappa shape index (κ2) is 8.03. The van der Waals surface area contributed by atoms with Crippen molar-refractivity contribution >= 4 is 11.8 Å². The topological polar surface area (TPSA) is 66.0 Å². The molecule has 1 unspecified atom stereocenters. The summed E-state index contributed by atoms with van der Waals surface area (Å²) >= 11 is 0. The SMILES string of the molecule is COc1ncccc1C(=O)N1CCN(C2CCCN(C(C)C)C2=O)CC1. The number of nitrogens with zero attached hydrogens (tertiary/aromatic N) is 4. The van der Waals surface area contributed by atoms with Gasteiger partial charge in [0, 0.05) is 45.0 Å². The fraction of sp³-hybridized carbons (Fsp3) is 0.632. The molecule has 1 aromatic heterocycles. The molecule has 0 aliphatic carbocycles. The van der Waals surface area contributed by atoms with Crippen LogP contribution in [0.25, 0.3) is 0 Å². The van der Waals surface area contributed by atoms with E-state index < -0.39 is 0 Å². The van der Waals surface area contributed by atoms with Crippen LogP contribution in [0.2, 0.25) is 0 Å². The summed E-state index contributed by atoms with van der Waals surface area (Å²) in [6.07, 6.45) is 3.57. The molecule has 7 heteroatoms. The molecule has 0 bridgehead atoms. The van der Waals surface area contributed by atoms with Crippen molar-refractivity contribution in [3.05, 3.63) is 23.9 Å². The molecule has 3 heterocycles. The van der Waals surface area contributed by atoms with Gasteiger partial charge in [-0.25, -0.2) is 4.98 Å². The number of methoxy groups -OCH3 is 1. The van der Waals surface area contributed by atoms with Crippen LogP contribution in [0.5, 0.6) is 5.88 Å². The van der Waals surface area contributed by atoms with Gasteiger partial charge < -0.3 is 14.5 Å². The number of amides is 2. The van der Waals surface area contributed by atoms with Crippen molar-refractivity contribution in [3.63, 3.8) is 0 Å². The van der Waals surface area contributed by atoms with Crippen LogP contribution >= 0.6 is 0 Å². The minimum Gasteiger partial charge on any atom is -0.480 e. The Morgan fingerprint density at radius 1 is 1.23 bits per heavy atom. The van der Waals surface area contributed by atoms with E-state index in [9.17, 15) is 9.59 Å². The number of aromatic nitrogens is 1. The fourth-order valence-electron chi connectivity index (χ4n) is 3.85. The third-order valence-corrected chi connectivity index (χ3v) is 5.31. The summed E-state index contributed by atoms with van der Waals surface area (Å²) in [7, 11) is 1.52. The largest absolute Gasteiger partial charge is 0.480 e. The van der Waals surface area contributed by atoms with Crippen molar-refractivity contribution in [2.45, 2.75) is 38.8 Å². The maximum atomic E-state index is 12.8. The van der Waals surface area contributed by atoms with Crippen LogP contribution in [-0.4, -0.2) is 83.4 Å². The molecule has 0 radical (unpaired) electrons. The van der Waals surface area contributed by atoms with Gasteiger partial charge in [-0.3, -0.25) is 14.5 Å². The number of piperidine rings is 1. The maximum Gasteiger partial charge on any atom is 0.259 e. The zero-order chi connectivity index (χ0) is 18.7. The molecule has 1 aromatic rings. The van der Waals surface area contributed by atoms with Gasteiger partial charge in [0.25, 0.3) is 5.91 Å². The number of rotatable bonds is 4. The summed E-state index contributed by atoms with van der Waals surface area (Å²) in [5.74, 6) is 0.531. The molecule has 7 nitrogen and oxygen atoms in total. The maximum absolute atomic E-state index is 12.8. The molecule has 0 saturated carbocycles. The van der Waals surface area contributed by atoms with Crippen LogP contribution in [0, 0.1) is 0 Å². The Morgan fingerprint density at radius 2 is 1.96 bits per heavy atom. The Morgan fingerprint density at radius 3 is 2.62 bits per heavy atom. The first kappa shape index (κ1) is 18.6. The van der Waals surface area contributed by atoms with E-state index in [1.807, 2.05) is 9.80 Å². The lowest BCUT2D eigenvalue weighted by molar-refractivity contribution is -0.142. The molecule has 2 saturated heterocycles. The molecule has 142 valence electrons.